The number of fused-ring (bicyclic) bond motifs is 3. The summed E-state index contributed by atoms with van der Waals surface area (Å²) in [5.74, 6) is -1.97. The quantitative estimate of drug-likeness (QED) is 0.0398. The van der Waals surface area contributed by atoms with Gasteiger partial charge in [-0.1, -0.05) is 50.9 Å². The molecule has 3 aromatic carbocycles. The number of pyridine rings is 3. The van der Waals surface area contributed by atoms with Crippen molar-refractivity contribution in [1.82, 2.24) is 83.9 Å². The highest BCUT2D eigenvalue weighted by molar-refractivity contribution is 6.76. The highest BCUT2D eigenvalue weighted by Gasteiger charge is 2.53. The number of carbonyl (C=O) groups excluding carboxylic acids is 2. The third kappa shape index (κ3) is 23.9. The third-order valence-electron chi connectivity index (χ3n) is 26.4. The van der Waals surface area contributed by atoms with Crippen molar-refractivity contribution in [2.24, 2.45) is 4.99 Å². The zero-order valence-corrected chi connectivity index (χ0v) is 84.3. The fourth-order valence-corrected chi connectivity index (χ4v) is 20.0. The number of alkyl halides is 3. The summed E-state index contributed by atoms with van der Waals surface area (Å²) < 4.78 is 174. The molecule has 8 aliphatic rings. The first-order valence-electron chi connectivity index (χ1n) is 47.5. The van der Waals surface area contributed by atoms with Gasteiger partial charge in [0.1, 0.15) is 83.9 Å². The molecule has 0 saturated carbocycles. The van der Waals surface area contributed by atoms with E-state index in [9.17, 15) is 40.3 Å². The second-order valence-electron chi connectivity index (χ2n) is 42.5. The number of aromatic nitrogens is 13. The number of nitrogens with zero attached hydrogens (tertiary/aromatic N) is 19. The average molecular weight is 1980 g/mol. The van der Waals surface area contributed by atoms with Crippen molar-refractivity contribution in [3.05, 3.63) is 196 Å². The van der Waals surface area contributed by atoms with Gasteiger partial charge in [-0.3, -0.25) is 24.0 Å². The van der Waals surface area contributed by atoms with Crippen LogP contribution in [0.5, 0.6) is 0 Å². The summed E-state index contributed by atoms with van der Waals surface area (Å²) in [4.78, 5) is 51.8. The molecule has 1 N–H and O–H groups in total. The topological polar surface area (TPSA) is 258 Å². The molecule has 2 amide bonds. The van der Waals surface area contributed by atoms with Gasteiger partial charge in [-0.25, -0.2) is 68.4 Å². The number of hydrogen-bond donors (Lipinski definition) is 1. The number of benzene rings is 3. The Kier molecular flexibility index (Phi) is 29.9. The first kappa shape index (κ1) is 101. The Labute approximate surface area is 810 Å². The van der Waals surface area contributed by atoms with Crippen LogP contribution in [0.15, 0.2) is 134 Å². The Bertz CT molecular complexity index is 6260. The van der Waals surface area contributed by atoms with E-state index in [2.05, 4.69) is 80.0 Å². The molecule has 28 nitrogen and oxygen atoms in total. The van der Waals surface area contributed by atoms with Gasteiger partial charge in [0, 0.05) is 175 Å². The summed E-state index contributed by atoms with van der Waals surface area (Å²) in [5, 5.41) is 28.1. The van der Waals surface area contributed by atoms with E-state index in [0.29, 0.717) is 96.5 Å². The average Bonchev–Trinajstić information content (AvgIpc) is 1.61. The molecule has 19 rings (SSSR count). The maximum Gasteiger partial charge on any atom is 0.498 e. The molecule has 0 spiro atoms. The van der Waals surface area contributed by atoms with E-state index in [4.69, 9.17) is 49.9 Å². The minimum Gasteiger partial charge on any atom is -0.444 e. The minimum atomic E-state index is -1.32. The van der Waals surface area contributed by atoms with Gasteiger partial charge in [-0.15, -0.1) is 0 Å². The fraction of sp³-hybridized carbons (Fsp3) is 0.520. The number of likely N-dealkylation sites (tertiary alicyclic amines) is 3. The van der Waals surface area contributed by atoms with Crippen molar-refractivity contribution in [2.45, 2.75) is 256 Å². The maximum atomic E-state index is 15.1. The van der Waals surface area contributed by atoms with Crippen LogP contribution in [0.25, 0.3) is 44.3 Å². The number of carbonyl (C=O) groups is 2. The lowest BCUT2D eigenvalue weighted by molar-refractivity contribution is 0.00578. The van der Waals surface area contributed by atoms with Crippen molar-refractivity contribution in [1.29, 1.82) is 0 Å². The van der Waals surface area contributed by atoms with Crippen LogP contribution in [-0.2, 0) is 48.3 Å². The van der Waals surface area contributed by atoms with Gasteiger partial charge < -0.3 is 58.1 Å². The van der Waals surface area contributed by atoms with Gasteiger partial charge in [0.15, 0.2) is 22.9 Å². The second kappa shape index (κ2) is 41.1. The van der Waals surface area contributed by atoms with Crippen molar-refractivity contribution in [2.75, 3.05) is 81.9 Å². The van der Waals surface area contributed by atoms with Crippen LogP contribution in [0, 0.1) is 34.9 Å². The van der Waals surface area contributed by atoms with E-state index >= 15 is 8.78 Å². The summed E-state index contributed by atoms with van der Waals surface area (Å²) in [7, 11) is -2.98. The lowest BCUT2D eigenvalue weighted by Crippen LogP contribution is -2.41. The van der Waals surface area contributed by atoms with Crippen molar-refractivity contribution >= 4 is 92.1 Å². The SMILES string of the molecule is CC(C)(C)OC(=O)N1CC[C@@H](n2cc(-c3cnc4c(c3)c(N3C[C@@H](F)C[C@@H]3c3cc(F)ccc3F)nn4COCC[Si](C)(C)C)cn2)C1.CC(C)(C)OC(=O)N1CC[C@@H](n2cc(B3OC(C)(C)C(C)(C)O3)cn2)C1.C[Si](C)(C)CCOCn1nc(N2C[C@@H](F)C[C@@H]2c2cc(F)ccc2F)c2cc(Cl)cnc21.Fc1ccc(F)c([C@H]2C[C@H](F)CN2C2=NCc3ncc(-c4cnn([C@@H]5CCNC5)c4)cc32)c1. The minimum absolute atomic E-state index is 0.00300. The molecule has 139 heavy (non-hydrogen) atoms. The van der Waals surface area contributed by atoms with Gasteiger partial charge in [-0.2, -0.15) is 25.5 Å². The number of amidine groups is 1. The van der Waals surface area contributed by atoms with Crippen LogP contribution < -0.4 is 20.6 Å². The van der Waals surface area contributed by atoms with Gasteiger partial charge in [0.2, 0.25) is 0 Å². The van der Waals surface area contributed by atoms with E-state index in [-0.39, 0.29) is 105 Å². The van der Waals surface area contributed by atoms with Crippen molar-refractivity contribution in [3.8, 4) is 22.3 Å². The fourth-order valence-electron chi connectivity index (χ4n) is 18.4. The molecule has 8 aromatic heterocycles. The number of amides is 2. The number of nitrogens with one attached hydrogen (secondary N) is 1. The molecule has 0 unspecified atom stereocenters. The van der Waals surface area contributed by atoms with Crippen LogP contribution >= 0.6 is 11.6 Å². The molecule has 9 atom stereocenters. The van der Waals surface area contributed by atoms with Gasteiger partial charge >= 0.3 is 19.3 Å². The summed E-state index contributed by atoms with van der Waals surface area (Å²) in [6.45, 7) is 39.1. The van der Waals surface area contributed by atoms with E-state index in [0.717, 1.165) is 138 Å². The Morgan fingerprint density at radius 2 is 0.950 bits per heavy atom. The number of halogens is 10. The maximum absolute atomic E-state index is 15.1. The molecule has 0 radical (unpaired) electrons. The summed E-state index contributed by atoms with van der Waals surface area (Å²) in [6.07, 6.45) is 14.9. The lowest BCUT2D eigenvalue weighted by Gasteiger charge is -2.32. The largest absolute Gasteiger partial charge is 0.498 e. The number of rotatable bonds is 21. The van der Waals surface area contributed by atoms with Gasteiger partial charge in [-0.05, 0) is 180 Å². The van der Waals surface area contributed by atoms with Crippen LogP contribution in [0.3, 0.4) is 0 Å². The number of aliphatic imine (C=N–C) groups is 1. The molecular weight excluding hydrogens is 1860 g/mol. The molecule has 7 fully saturated rings. The molecule has 8 aliphatic heterocycles. The van der Waals surface area contributed by atoms with Gasteiger partial charge in [0.05, 0.1) is 108 Å². The monoisotopic (exact) mass is 1980 g/mol. The Morgan fingerprint density at radius 3 is 1.42 bits per heavy atom. The normalized spacial score (nSPS) is 21.9. The predicted molar refractivity (Wildman–Crippen MR) is 520 cm³/mol. The van der Waals surface area contributed by atoms with E-state index < -0.39 is 106 Å². The molecule has 16 heterocycles. The Balaban J connectivity index is 0.000000137. The molecule has 41 heteroatoms. The summed E-state index contributed by atoms with van der Waals surface area (Å²) in [6, 6.07) is 15.8. The lowest BCUT2D eigenvalue weighted by atomic mass is 9.82. The first-order valence-corrected chi connectivity index (χ1v) is 55.3. The molecule has 0 bridgehead atoms. The highest BCUT2D eigenvalue weighted by Crippen LogP contribution is 2.46. The number of anilines is 2. The standard InChI is InChI=1S/C34H44F3N7O3Si.C24H23F3N6.C22H26ClF3N4OSi.C18H30BN3O4/c1-34(2,3)47-33(45)41-10-9-26(20-41)43-18-23(17-39-43)22-13-28-31(38-16-22)44(21-46-11-12-48(4,5)6)40-32(28)42-19-25(36)15-30(42)27-14-24(35)7-8-29(27)37;25-16-1-2-21(27)19(6-16)23-7-17(26)13-32(23)24-20-5-14(8-29-22(20)11-30-24)15-9-31-33(12-15)18-3-4-28-10-18;1-32(2,3)7-6-31-13-30-21-18(8-14(23)11-27-21)22(28-30)29-12-16(25)10-20(29)17-9-15(24)4-5-19(17)26;1-16(2,3)24-15(23)21-9-8-14(12-21)22-11-13(10-20-22)19-25-17(4,5)18(6,7)26-19/h7-8,13-14,16-18,25-26,30H,9-12,15,19-21H2,1-6H3;1-2,5-6,8-9,12,17-18,23,28H,3-4,7,10-11,13H2;4-5,8-9,11,16,20H,6-7,10,12-13H2,1-3H3;10-11,14H,8-9,12H2,1-7H3/t25-,26+,30+;17-,18+,23+;16-,20+;14-/m0001/s1. The van der Waals surface area contributed by atoms with E-state index in [1.54, 1.807) is 64.7 Å². The predicted octanol–water partition coefficient (Wildman–Crippen LogP) is 19.5. The number of ether oxygens (including phenoxy) is 4. The third-order valence-corrected chi connectivity index (χ3v) is 30.0. The van der Waals surface area contributed by atoms with Crippen LogP contribution in [0.1, 0.15) is 172 Å². The van der Waals surface area contributed by atoms with Gasteiger partial charge in [0.25, 0.3) is 0 Å². The van der Waals surface area contributed by atoms with Crippen LogP contribution in [0.4, 0.5) is 60.7 Å². The zero-order chi connectivity index (χ0) is 99.3. The summed E-state index contributed by atoms with van der Waals surface area (Å²) >= 11 is 6.18. The summed E-state index contributed by atoms with van der Waals surface area (Å²) in [5.41, 5.74) is 5.54. The van der Waals surface area contributed by atoms with E-state index in [1.807, 2.05) is 120 Å². The highest BCUT2D eigenvalue weighted by atomic mass is 35.5. The molecule has 0 aliphatic carbocycles. The van der Waals surface area contributed by atoms with Crippen LogP contribution in [-0.4, -0.2) is 233 Å². The first-order chi connectivity index (χ1) is 65.7. The molecule has 11 aromatic rings. The van der Waals surface area contributed by atoms with E-state index in [1.165, 1.54) is 6.20 Å². The van der Waals surface area contributed by atoms with Crippen molar-refractivity contribution < 1.29 is 77.4 Å². The zero-order valence-electron chi connectivity index (χ0n) is 81.5. The number of hydrogen-bond acceptors (Lipinski definition) is 21. The molecular formula is C98H123BClF9N20O8Si2. The molecule has 744 valence electrons. The smallest absolute Gasteiger partial charge is 0.444 e. The van der Waals surface area contributed by atoms with Crippen LogP contribution in [0.2, 0.25) is 56.4 Å². The molecule has 7 saturated heterocycles. The Morgan fingerprint density at radius 1 is 0.518 bits per heavy atom. The second-order valence-corrected chi connectivity index (χ2v) is 54.1. The Hall–Kier alpha value is -10.8. The van der Waals surface area contributed by atoms with Crippen molar-refractivity contribution in [3.63, 3.8) is 0 Å².